The number of benzene rings is 1. The van der Waals surface area contributed by atoms with Gasteiger partial charge in [0.25, 0.3) is 5.54 Å². The van der Waals surface area contributed by atoms with Crippen molar-refractivity contribution in [3.63, 3.8) is 0 Å². The average molecular weight is 328 g/mol. The Morgan fingerprint density at radius 2 is 1.88 bits per heavy atom. The van der Waals surface area contributed by atoms with Gasteiger partial charge in [0.05, 0.1) is 12.8 Å². The van der Waals surface area contributed by atoms with Gasteiger partial charge in [-0.05, 0) is 30.3 Å². The van der Waals surface area contributed by atoms with Crippen molar-refractivity contribution in [1.29, 1.82) is 0 Å². The molecule has 7 nitrogen and oxygen atoms in total. The monoisotopic (exact) mass is 328 g/mol. The Morgan fingerprint density at radius 3 is 2.33 bits per heavy atom. The van der Waals surface area contributed by atoms with Crippen molar-refractivity contribution in [1.82, 2.24) is 0 Å². The maximum atomic E-state index is 12.6. The zero-order chi connectivity index (χ0) is 17.7. The van der Waals surface area contributed by atoms with Crippen molar-refractivity contribution in [2.24, 2.45) is 5.73 Å². The first-order valence-electron chi connectivity index (χ1n) is 7.02. The second-order valence-electron chi connectivity index (χ2n) is 4.83. The summed E-state index contributed by atoms with van der Waals surface area (Å²) in [6, 6.07) is 10.7. The summed E-state index contributed by atoms with van der Waals surface area (Å²) in [4.78, 5) is 38.1. The van der Waals surface area contributed by atoms with Gasteiger partial charge in [0.2, 0.25) is 11.7 Å². The summed E-state index contributed by atoms with van der Waals surface area (Å²) in [6.07, 6.45) is 2.07. The van der Waals surface area contributed by atoms with E-state index in [4.69, 9.17) is 10.2 Å². The molecule has 24 heavy (non-hydrogen) atoms. The summed E-state index contributed by atoms with van der Waals surface area (Å²) >= 11 is 0. The van der Waals surface area contributed by atoms with Crippen LogP contribution in [0.4, 0.5) is 5.69 Å². The zero-order valence-electron chi connectivity index (χ0n) is 12.7. The number of carbonyl (C=O) groups is 3. The first kappa shape index (κ1) is 17.2. The smallest absolute Gasteiger partial charge is 0.346 e. The van der Waals surface area contributed by atoms with Crippen molar-refractivity contribution in [3.05, 3.63) is 67.1 Å². The van der Waals surface area contributed by atoms with Gasteiger partial charge in [-0.1, -0.05) is 24.8 Å². The molecule has 1 amide bonds. The molecule has 1 heterocycles. The molecule has 0 spiro atoms. The fraction of sp³-hybridized carbons (Fsp3) is 0.118. The van der Waals surface area contributed by atoms with Crippen LogP contribution in [-0.4, -0.2) is 29.3 Å². The molecule has 1 aromatic heterocycles. The summed E-state index contributed by atoms with van der Waals surface area (Å²) < 4.78 is 5.20. The number of carbonyl (C=O) groups excluding carboxylic acids is 2. The van der Waals surface area contributed by atoms with Crippen LogP contribution in [0, 0.1) is 0 Å². The van der Waals surface area contributed by atoms with Crippen LogP contribution in [-0.2, 0) is 19.9 Å². The molecule has 2 rings (SSSR count). The molecule has 124 valence electrons. The van der Waals surface area contributed by atoms with E-state index in [0.29, 0.717) is 0 Å². The van der Waals surface area contributed by atoms with Crippen LogP contribution in [0.2, 0.25) is 0 Å². The van der Waals surface area contributed by atoms with Crippen molar-refractivity contribution in [2.45, 2.75) is 5.54 Å². The SMILES string of the molecule is C=CC(=O)C(C(=O)O)(c1ccco1)N(C(=O)CN)c1ccccc1. The van der Waals surface area contributed by atoms with E-state index in [1.54, 1.807) is 18.2 Å². The average Bonchev–Trinajstić information content (AvgIpc) is 3.13. The highest BCUT2D eigenvalue weighted by Gasteiger charge is 2.56. The molecule has 0 saturated heterocycles. The highest BCUT2D eigenvalue weighted by atomic mass is 16.4. The van der Waals surface area contributed by atoms with Gasteiger partial charge in [0.15, 0.2) is 0 Å². The van der Waals surface area contributed by atoms with Crippen LogP contribution in [0.15, 0.2) is 65.8 Å². The number of anilines is 1. The third kappa shape index (κ3) is 2.61. The lowest BCUT2D eigenvalue weighted by Crippen LogP contribution is -2.60. The van der Waals surface area contributed by atoms with Crippen LogP contribution in [0.25, 0.3) is 0 Å². The van der Waals surface area contributed by atoms with E-state index >= 15 is 0 Å². The Labute approximate surface area is 138 Å². The number of hydrogen-bond donors (Lipinski definition) is 2. The molecule has 1 aromatic carbocycles. The first-order valence-corrected chi connectivity index (χ1v) is 7.02. The standard InChI is InChI=1S/C17H16N2O5/c1-2-13(20)17(16(22)23,14-9-6-10-24-14)19(15(21)11-18)12-7-4-3-5-8-12/h2-10H,1,11,18H2,(H,22,23). The summed E-state index contributed by atoms with van der Waals surface area (Å²) in [6.45, 7) is 2.87. The quantitative estimate of drug-likeness (QED) is 0.585. The van der Waals surface area contributed by atoms with Crippen molar-refractivity contribution < 1.29 is 23.9 Å². The Morgan fingerprint density at radius 1 is 1.21 bits per heavy atom. The molecule has 2 aromatic rings. The Kier molecular flexibility index (Phi) is 4.96. The molecule has 0 aliphatic carbocycles. The highest BCUT2D eigenvalue weighted by molar-refractivity contribution is 6.20. The number of aliphatic carboxylic acids is 1. The molecule has 0 fully saturated rings. The lowest BCUT2D eigenvalue weighted by molar-refractivity contribution is -0.150. The summed E-state index contributed by atoms with van der Waals surface area (Å²) in [5.74, 6) is -3.47. The normalized spacial score (nSPS) is 12.9. The third-order valence-corrected chi connectivity index (χ3v) is 3.50. The number of para-hydroxylation sites is 1. The molecule has 0 bridgehead atoms. The van der Waals surface area contributed by atoms with E-state index in [-0.39, 0.29) is 11.4 Å². The maximum Gasteiger partial charge on any atom is 0.346 e. The first-order chi connectivity index (χ1) is 11.5. The number of carboxylic acids is 1. The fourth-order valence-corrected chi connectivity index (χ4v) is 2.47. The third-order valence-electron chi connectivity index (χ3n) is 3.50. The van der Waals surface area contributed by atoms with Crippen LogP contribution in [0.5, 0.6) is 0 Å². The Hall–Kier alpha value is -3.19. The van der Waals surface area contributed by atoms with E-state index in [1.165, 1.54) is 30.5 Å². The number of rotatable bonds is 7. The van der Waals surface area contributed by atoms with Crippen molar-refractivity contribution >= 4 is 23.3 Å². The number of hydrogen-bond acceptors (Lipinski definition) is 5. The molecule has 0 aliphatic rings. The number of nitrogens with two attached hydrogens (primary N) is 1. The largest absolute Gasteiger partial charge is 0.479 e. The van der Waals surface area contributed by atoms with Crippen molar-refractivity contribution in [3.8, 4) is 0 Å². The lowest BCUT2D eigenvalue weighted by Gasteiger charge is -2.37. The van der Waals surface area contributed by atoms with Crippen LogP contribution < -0.4 is 10.6 Å². The number of nitrogens with zero attached hydrogens (tertiary/aromatic N) is 1. The van der Waals surface area contributed by atoms with Gasteiger partial charge in [0, 0.05) is 5.69 Å². The number of ketones is 1. The fourth-order valence-electron chi connectivity index (χ4n) is 2.47. The summed E-state index contributed by atoms with van der Waals surface area (Å²) in [5, 5.41) is 9.91. The van der Waals surface area contributed by atoms with Crippen LogP contribution in [0.1, 0.15) is 5.76 Å². The molecule has 3 N–H and O–H groups in total. The van der Waals surface area contributed by atoms with Gasteiger partial charge in [-0.3, -0.25) is 14.5 Å². The minimum Gasteiger partial charge on any atom is -0.479 e. The molecular weight excluding hydrogens is 312 g/mol. The van der Waals surface area contributed by atoms with Gasteiger partial charge < -0.3 is 15.3 Å². The van der Waals surface area contributed by atoms with Gasteiger partial charge in [0.1, 0.15) is 5.76 Å². The summed E-state index contributed by atoms with van der Waals surface area (Å²) in [5.41, 5.74) is 3.22. The topological polar surface area (TPSA) is 114 Å². The second kappa shape index (κ2) is 6.93. The second-order valence-corrected chi connectivity index (χ2v) is 4.83. The molecule has 1 unspecified atom stereocenters. The Balaban J connectivity index is 2.84. The predicted molar refractivity (Wildman–Crippen MR) is 86.2 cm³/mol. The van der Waals surface area contributed by atoms with Crippen molar-refractivity contribution in [2.75, 3.05) is 11.4 Å². The number of amides is 1. The summed E-state index contributed by atoms with van der Waals surface area (Å²) in [7, 11) is 0. The van der Waals surface area contributed by atoms with Gasteiger partial charge in [-0.15, -0.1) is 0 Å². The molecule has 0 radical (unpaired) electrons. The van der Waals surface area contributed by atoms with Gasteiger partial charge in [-0.2, -0.15) is 0 Å². The van der Waals surface area contributed by atoms with E-state index in [0.717, 1.165) is 11.0 Å². The molecule has 0 aliphatic heterocycles. The van der Waals surface area contributed by atoms with E-state index in [9.17, 15) is 19.5 Å². The Bertz CT molecular complexity index is 755. The van der Waals surface area contributed by atoms with E-state index < -0.39 is 29.7 Å². The number of furan rings is 1. The maximum absolute atomic E-state index is 12.6. The minimum absolute atomic E-state index is 0.196. The van der Waals surface area contributed by atoms with E-state index in [2.05, 4.69) is 6.58 Å². The molecule has 0 saturated carbocycles. The lowest BCUT2D eigenvalue weighted by atomic mass is 9.87. The minimum atomic E-state index is -2.43. The van der Waals surface area contributed by atoms with Crippen LogP contribution in [0.3, 0.4) is 0 Å². The number of carboxylic acid groups (broad SMARTS) is 1. The van der Waals surface area contributed by atoms with Gasteiger partial charge in [-0.25, -0.2) is 4.79 Å². The molecular formula is C17H16N2O5. The van der Waals surface area contributed by atoms with Gasteiger partial charge >= 0.3 is 5.97 Å². The highest BCUT2D eigenvalue weighted by Crippen LogP contribution is 2.35. The molecule has 1 atom stereocenters. The predicted octanol–water partition coefficient (Wildman–Crippen LogP) is 1.31. The van der Waals surface area contributed by atoms with Crippen LogP contribution >= 0.6 is 0 Å². The van der Waals surface area contributed by atoms with E-state index in [1.807, 2.05) is 0 Å². The molecule has 7 heteroatoms. The zero-order valence-corrected chi connectivity index (χ0v) is 12.7.